The van der Waals surface area contributed by atoms with Gasteiger partial charge in [-0.3, -0.25) is 9.48 Å². The van der Waals surface area contributed by atoms with E-state index < -0.39 is 0 Å². The lowest BCUT2D eigenvalue weighted by molar-refractivity contribution is 0.0781. The van der Waals surface area contributed by atoms with Gasteiger partial charge in [0, 0.05) is 60.6 Å². The van der Waals surface area contributed by atoms with Crippen LogP contribution in [0.3, 0.4) is 0 Å². The maximum Gasteiger partial charge on any atom is 0.273 e. The van der Waals surface area contributed by atoms with Crippen molar-refractivity contribution >= 4 is 22.5 Å². The summed E-state index contributed by atoms with van der Waals surface area (Å²) >= 11 is 0. The Labute approximate surface area is 218 Å². The van der Waals surface area contributed by atoms with Crippen LogP contribution < -0.4 is 10.6 Å². The Morgan fingerprint density at radius 3 is 2.70 bits per heavy atom. The van der Waals surface area contributed by atoms with Crippen LogP contribution in [0.2, 0.25) is 0 Å². The number of rotatable bonds is 7. The maximum atomic E-state index is 13.8. The number of nitrogens with zero attached hydrogens (tertiary/aromatic N) is 5. The van der Waals surface area contributed by atoms with Gasteiger partial charge in [0.05, 0.1) is 11.7 Å². The normalized spacial score (nSPS) is 15.3. The first kappa shape index (κ1) is 24.9. The van der Waals surface area contributed by atoms with Crippen molar-refractivity contribution in [2.45, 2.75) is 53.2 Å². The standard InChI is InChI=1S/C29H35N7O/c1-6-36-20(4)22(15-31-36)17-35(5)29(37)27-25-13-18(2)7-8-26(25)33-28(34-27)21-11-19(3)12-24(14-21)32-23-9-10-30-16-23/h7-8,11-15,23,30,32H,6,9-10,16-17H2,1-5H3/t23-/m1/s1. The lowest BCUT2D eigenvalue weighted by Gasteiger charge is -2.19. The largest absolute Gasteiger partial charge is 0.381 e. The Hall–Kier alpha value is -3.78. The Kier molecular flexibility index (Phi) is 6.93. The van der Waals surface area contributed by atoms with Gasteiger partial charge in [0.25, 0.3) is 5.91 Å². The molecule has 0 radical (unpaired) electrons. The van der Waals surface area contributed by atoms with Crippen molar-refractivity contribution in [3.8, 4) is 11.4 Å². The highest BCUT2D eigenvalue weighted by Gasteiger charge is 2.22. The molecule has 2 N–H and O–H groups in total. The number of carbonyl (C=O) groups is 1. The van der Waals surface area contributed by atoms with Gasteiger partial charge >= 0.3 is 0 Å². The molecular weight excluding hydrogens is 462 g/mol. The lowest BCUT2D eigenvalue weighted by atomic mass is 10.1. The third-order valence-corrected chi connectivity index (χ3v) is 7.08. The van der Waals surface area contributed by atoms with E-state index in [0.29, 0.717) is 24.1 Å². The number of anilines is 1. The quantitative estimate of drug-likeness (QED) is 0.391. The molecule has 1 amide bonds. The highest BCUT2D eigenvalue weighted by Crippen LogP contribution is 2.27. The Bertz CT molecular complexity index is 1450. The average molecular weight is 498 g/mol. The zero-order valence-electron chi connectivity index (χ0n) is 22.3. The van der Waals surface area contributed by atoms with Crippen LogP contribution in [0.15, 0.2) is 42.6 Å². The first-order valence-corrected chi connectivity index (χ1v) is 13.0. The molecular formula is C29H35N7O. The first-order valence-electron chi connectivity index (χ1n) is 13.0. The van der Waals surface area contributed by atoms with Gasteiger partial charge < -0.3 is 15.5 Å². The summed E-state index contributed by atoms with van der Waals surface area (Å²) in [6, 6.07) is 12.7. The van der Waals surface area contributed by atoms with Gasteiger partial charge in [0.2, 0.25) is 0 Å². The number of hydrogen-bond donors (Lipinski definition) is 2. The molecule has 1 atom stereocenters. The van der Waals surface area contributed by atoms with E-state index in [2.05, 4.69) is 47.8 Å². The van der Waals surface area contributed by atoms with E-state index in [1.54, 1.807) is 4.90 Å². The summed E-state index contributed by atoms with van der Waals surface area (Å²) in [5.41, 5.74) is 7.41. The summed E-state index contributed by atoms with van der Waals surface area (Å²) in [4.78, 5) is 25.3. The zero-order valence-corrected chi connectivity index (χ0v) is 22.3. The third kappa shape index (κ3) is 5.20. The Morgan fingerprint density at radius 1 is 1.14 bits per heavy atom. The van der Waals surface area contributed by atoms with Crippen LogP contribution in [0, 0.1) is 20.8 Å². The van der Waals surface area contributed by atoms with Gasteiger partial charge in [-0.1, -0.05) is 11.6 Å². The third-order valence-electron chi connectivity index (χ3n) is 7.08. The first-order chi connectivity index (χ1) is 17.8. The molecule has 1 aliphatic heterocycles. The average Bonchev–Trinajstić information content (AvgIpc) is 3.52. The van der Waals surface area contributed by atoms with Crippen molar-refractivity contribution in [3.05, 3.63) is 70.7 Å². The number of fused-ring (bicyclic) bond motifs is 1. The van der Waals surface area contributed by atoms with Gasteiger partial charge in [-0.05, 0) is 76.6 Å². The van der Waals surface area contributed by atoms with Crippen molar-refractivity contribution < 1.29 is 4.79 Å². The van der Waals surface area contributed by atoms with E-state index in [4.69, 9.17) is 9.97 Å². The molecule has 0 spiro atoms. The van der Waals surface area contributed by atoms with Gasteiger partial charge in [0.1, 0.15) is 5.69 Å². The molecule has 0 unspecified atom stereocenters. The molecule has 192 valence electrons. The molecule has 1 saturated heterocycles. The van der Waals surface area contributed by atoms with Crippen LogP contribution >= 0.6 is 0 Å². The molecule has 0 aliphatic carbocycles. The van der Waals surface area contributed by atoms with Crippen LogP contribution in [-0.2, 0) is 13.1 Å². The second-order valence-electron chi connectivity index (χ2n) is 10.1. The molecule has 3 heterocycles. The maximum absolute atomic E-state index is 13.8. The molecule has 0 saturated carbocycles. The van der Waals surface area contributed by atoms with Crippen LogP contribution in [-0.4, -0.2) is 56.7 Å². The number of benzene rings is 2. The molecule has 37 heavy (non-hydrogen) atoms. The van der Waals surface area contributed by atoms with E-state index in [0.717, 1.165) is 70.6 Å². The van der Waals surface area contributed by atoms with Crippen molar-refractivity contribution in [3.63, 3.8) is 0 Å². The molecule has 2 aromatic heterocycles. The lowest BCUT2D eigenvalue weighted by Crippen LogP contribution is -2.28. The number of aromatic nitrogens is 4. The number of nitrogens with one attached hydrogen (secondary N) is 2. The summed E-state index contributed by atoms with van der Waals surface area (Å²) in [5.74, 6) is 0.422. The summed E-state index contributed by atoms with van der Waals surface area (Å²) in [5, 5.41) is 12.2. The van der Waals surface area contributed by atoms with Crippen LogP contribution in [0.25, 0.3) is 22.3 Å². The molecule has 2 aromatic carbocycles. The smallest absolute Gasteiger partial charge is 0.273 e. The molecule has 5 rings (SSSR count). The van der Waals surface area contributed by atoms with Gasteiger partial charge in [-0.15, -0.1) is 0 Å². The highest BCUT2D eigenvalue weighted by atomic mass is 16.2. The van der Waals surface area contributed by atoms with Crippen LogP contribution in [0.5, 0.6) is 0 Å². The fourth-order valence-electron chi connectivity index (χ4n) is 5.01. The van der Waals surface area contributed by atoms with Crippen LogP contribution in [0.1, 0.15) is 46.2 Å². The van der Waals surface area contributed by atoms with Crippen molar-refractivity contribution in [1.82, 2.24) is 30.0 Å². The second kappa shape index (κ2) is 10.3. The number of amides is 1. The number of aryl methyl sites for hydroxylation is 3. The number of carbonyl (C=O) groups excluding carboxylic acids is 1. The highest BCUT2D eigenvalue weighted by molar-refractivity contribution is 6.05. The van der Waals surface area contributed by atoms with Crippen molar-refractivity contribution in [2.75, 3.05) is 25.5 Å². The van der Waals surface area contributed by atoms with E-state index in [-0.39, 0.29) is 5.91 Å². The fraction of sp³-hybridized carbons (Fsp3) is 0.379. The zero-order chi connectivity index (χ0) is 26.1. The predicted molar refractivity (Wildman–Crippen MR) is 148 cm³/mol. The van der Waals surface area contributed by atoms with Crippen molar-refractivity contribution in [2.24, 2.45) is 0 Å². The minimum atomic E-state index is -0.133. The molecule has 4 aromatic rings. The van der Waals surface area contributed by atoms with Gasteiger partial charge in [-0.25, -0.2) is 9.97 Å². The predicted octanol–water partition coefficient (Wildman–Crippen LogP) is 4.48. The minimum Gasteiger partial charge on any atom is -0.381 e. The summed E-state index contributed by atoms with van der Waals surface area (Å²) in [6.45, 7) is 11.4. The van der Waals surface area contributed by atoms with E-state index in [9.17, 15) is 4.79 Å². The van der Waals surface area contributed by atoms with Crippen molar-refractivity contribution in [1.29, 1.82) is 0 Å². The van der Waals surface area contributed by atoms with Gasteiger partial charge in [-0.2, -0.15) is 5.10 Å². The Balaban J connectivity index is 1.53. The molecule has 8 nitrogen and oxygen atoms in total. The summed E-state index contributed by atoms with van der Waals surface area (Å²) in [7, 11) is 1.82. The summed E-state index contributed by atoms with van der Waals surface area (Å²) in [6.07, 6.45) is 2.94. The molecule has 1 aliphatic rings. The molecule has 1 fully saturated rings. The van der Waals surface area contributed by atoms with E-state index in [1.807, 2.05) is 50.0 Å². The number of hydrogen-bond acceptors (Lipinski definition) is 6. The van der Waals surface area contributed by atoms with E-state index in [1.165, 1.54) is 0 Å². The monoisotopic (exact) mass is 497 g/mol. The minimum absolute atomic E-state index is 0.133. The van der Waals surface area contributed by atoms with E-state index >= 15 is 0 Å². The topological polar surface area (TPSA) is 88.0 Å². The van der Waals surface area contributed by atoms with Gasteiger partial charge in [0.15, 0.2) is 5.82 Å². The fourth-order valence-corrected chi connectivity index (χ4v) is 5.01. The SMILES string of the molecule is CCn1ncc(CN(C)C(=O)c2nc(-c3cc(C)cc(N[C@@H]4CCNC4)c3)nc3ccc(C)cc23)c1C. The molecule has 0 bridgehead atoms. The Morgan fingerprint density at radius 2 is 1.97 bits per heavy atom. The summed E-state index contributed by atoms with van der Waals surface area (Å²) < 4.78 is 1.94. The second-order valence-corrected chi connectivity index (χ2v) is 10.1. The van der Waals surface area contributed by atoms with Crippen LogP contribution in [0.4, 0.5) is 5.69 Å². The molecule has 8 heteroatoms.